The zero-order valence-corrected chi connectivity index (χ0v) is 17.1. The average molecular weight is 403 g/mol. The van der Waals surface area contributed by atoms with Crippen molar-refractivity contribution < 1.29 is 17.9 Å². The molecule has 28 heavy (non-hydrogen) atoms. The van der Waals surface area contributed by atoms with Crippen LogP contribution in [0, 0.1) is 6.92 Å². The van der Waals surface area contributed by atoms with Crippen LogP contribution in [0.4, 0.5) is 5.69 Å². The van der Waals surface area contributed by atoms with E-state index in [0.29, 0.717) is 18.8 Å². The summed E-state index contributed by atoms with van der Waals surface area (Å²) in [6.45, 7) is 3.09. The molecule has 0 unspecified atom stereocenters. The van der Waals surface area contributed by atoms with Crippen LogP contribution in [-0.2, 0) is 21.2 Å². The Morgan fingerprint density at radius 3 is 2.39 bits per heavy atom. The molecule has 0 radical (unpaired) electrons. The van der Waals surface area contributed by atoms with Crippen LogP contribution in [0.3, 0.4) is 0 Å². The first kappa shape index (κ1) is 20.4. The fourth-order valence-electron chi connectivity index (χ4n) is 3.33. The molecule has 2 aromatic carbocycles. The number of aryl methyl sites for hydroxylation is 1. The van der Waals surface area contributed by atoms with Gasteiger partial charge in [-0.25, -0.2) is 8.42 Å². The number of benzene rings is 2. The molecule has 0 saturated carbocycles. The molecule has 1 aliphatic heterocycles. The number of ether oxygens (including phenoxy) is 1. The molecule has 0 aliphatic carbocycles. The molecule has 150 valence electrons. The van der Waals surface area contributed by atoms with Gasteiger partial charge < -0.3 is 10.1 Å². The lowest BCUT2D eigenvalue weighted by molar-refractivity contribution is -0.115. The van der Waals surface area contributed by atoms with Crippen molar-refractivity contribution in [2.75, 3.05) is 25.5 Å². The van der Waals surface area contributed by atoms with Crippen LogP contribution in [0.2, 0.25) is 0 Å². The van der Waals surface area contributed by atoms with E-state index >= 15 is 0 Å². The highest BCUT2D eigenvalue weighted by molar-refractivity contribution is 7.89. The van der Waals surface area contributed by atoms with Gasteiger partial charge in [0.1, 0.15) is 5.75 Å². The van der Waals surface area contributed by atoms with Gasteiger partial charge in [-0.1, -0.05) is 18.6 Å². The van der Waals surface area contributed by atoms with Gasteiger partial charge in [0.05, 0.1) is 18.4 Å². The highest BCUT2D eigenvalue weighted by Gasteiger charge is 2.25. The molecule has 6 nitrogen and oxygen atoms in total. The minimum atomic E-state index is -3.46. The minimum absolute atomic E-state index is 0.169. The average Bonchev–Trinajstić information content (AvgIpc) is 2.70. The number of sulfonamides is 1. The Balaban J connectivity index is 1.64. The number of anilines is 1. The molecule has 2 aromatic rings. The Bertz CT molecular complexity index is 933. The second-order valence-electron chi connectivity index (χ2n) is 7.02. The number of methoxy groups -OCH3 is 1. The maximum absolute atomic E-state index is 12.7. The molecule has 1 amide bonds. The number of nitrogens with one attached hydrogen (secondary N) is 1. The lowest BCUT2D eigenvalue weighted by Crippen LogP contribution is -2.35. The normalized spacial score (nSPS) is 15.2. The van der Waals surface area contributed by atoms with Crippen molar-refractivity contribution in [2.45, 2.75) is 37.5 Å². The second-order valence-corrected chi connectivity index (χ2v) is 8.96. The highest BCUT2D eigenvalue weighted by Crippen LogP contribution is 2.23. The van der Waals surface area contributed by atoms with Crippen molar-refractivity contribution >= 4 is 21.6 Å². The van der Waals surface area contributed by atoms with Gasteiger partial charge in [0, 0.05) is 18.8 Å². The summed E-state index contributed by atoms with van der Waals surface area (Å²) in [5.74, 6) is 0.579. The first-order valence-electron chi connectivity index (χ1n) is 9.44. The van der Waals surface area contributed by atoms with Crippen molar-refractivity contribution in [1.29, 1.82) is 0 Å². The smallest absolute Gasteiger partial charge is 0.243 e. The summed E-state index contributed by atoms with van der Waals surface area (Å²) in [4.78, 5) is 12.6. The van der Waals surface area contributed by atoms with Gasteiger partial charge in [-0.15, -0.1) is 0 Å². The Morgan fingerprint density at radius 1 is 1.07 bits per heavy atom. The number of rotatable bonds is 6. The molecule has 0 spiro atoms. The SMILES string of the molecule is COc1cc(CC(=O)Nc2ccc(S(=O)(=O)N3CCCCC3)cc2)ccc1C. The number of carbonyl (C=O) groups is 1. The predicted molar refractivity (Wildman–Crippen MR) is 109 cm³/mol. The molecular weight excluding hydrogens is 376 g/mol. The van der Waals surface area contributed by atoms with E-state index in [0.717, 1.165) is 36.1 Å². The van der Waals surface area contributed by atoms with E-state index in [2.05, 4.69) is 5.32 Å². The minimum Gasteiger partial charge on any atom is -0.496 e. The summed E-state index contributed by atoms with van der Waals surface area (Å²) in [6.07, 6.45) is 3.09. The van der Waals surface area contributed by atoms with Gasteiger partial charge in [-0.05, 0) is 61.2 Å². The summed E-state index contributed by atoms with van der Waals surface area (Å²) < 4.78 is 32.2. The summed E-state index contributed by atoms with van der Waals surface area (Å²) in [7, 11) is -1.86. The second kappa shape index (κ2) is 8.75. The van der Waals surface area contributed by atoms with E-state index in [1.165, 1.54) is 4.31 Å². The number of hydrogen-bond donors (Lipinski definition) is 1. The molecule has 3 rings (SSSR count). The lowest BCUT2D eigenvalue weighted by Gasteiger charge is -2.25. The molecule has 0 bridgehead atoms. The fourth-order valence-corrected chi connectivity index (χ4v) is 4.85. The largest absolute Gasteiger partial charge is 0.496 e. The quantitative estimate of drug-likeness (QED) is 0.804. The number of nitrogens with zero attached hydrogens (tertiary/aromatic N) is 1. The summed E-state index contributed by atoms with van der Waals surface area (Å²) >= 11 is 0. The number of amides is 1. The Morgan fingerprint density at radius 2 is 1.75 bits per heavy atom. The van der Waals surface area contributed by atoms with Crippen LogP contribution < -0.4 is 10.1 Å². The van der Waals surface area contributed by atoms with Crippen LogP contribution in [0.15, 0.2) is 47.4 Å². The molecule has 1 fully saturated rings. The number of piperidine rings is 1. The molecule has 7 heteroatoms. The maximum atomic E-state index is 12.7. The molecule has 1 N–H and O–H groups in total. The van der Waals surface area contributed by atoms with Crippen molar-refractivity contribution in [3.63, 3.8) is 0 Å². The van der Waals surface area contributed by atoms with E-state index in [9.17, 15) is 13.2 Å². The van der Waals surface area contributed by atoms with E-state index in [1.54, 1.807) is 31.4 Å². The number of carbonyl (C=O) groups excluding carboxylic acids is 1. The van der Waals surface area contributed by atoms with Crippen LogP contribution in [0.5, 0.6) is 5.75 Å². The third-order valence-electron chi connectivity index (χ3n) is 4.93. The first-order valence-corrected chi connectivity index (χ1v) is 10.9. The number of hydrogen-bond acceptors (Lipinski definition) is 4. The topological polar surface area (TPSA) is 75.7 Å². The monoisotopic (exact) mass is 402 g/mol. The molecule has 1 aliphatic rings. The van der Waals surface area contributed by atoms with E-state index in [-0.39, 0.29) is 17.2 Å². The Labute approximate surface area is 166 Å². The van der Waals surface area contributed by atoms with Crippen LogP contribution in [0.1, 0.15) is 30.4 Å². The van der Waals surface area contributed by atoms with Gasteiger partial charge >= 0.3 is 0 Å². The van der Waals surface area contributed by atoms with Gasteiger partial charge in [-0.2, -0.15) is 4.31 Å². The molecular formula is C21H26N2O4S. The summed E-state index contributed by atoms with van der Waals surface area (Å²) in [6, 6.07) is 12.0. The van der Waals surface area contributed by atoms with Crippen LogP contribution in [-0.4, -0.2) is 38.8 Å². The van der Waals surface area contributed by atoms with Crippen LogP contribution in [0.25, 0.3) is 0 Å². The van der Waals surface area contributed by atoms with E-state index < -0.39 is 10.0 Å². The Hall–Kier alpha value is -2.38. The van der Waals surface area contributed by atoms with Crippen molar-refractivity contribution in [3.8, 4) is 5.75 Å². The third-order valence-corrected chi connectivity index (χ3v) is 6.84. The standard InChI is InChI=1S/C21H26N2O4S/c1-16-6-7-17(14-20(16)27-2)15-21(24)22-18-8-10-19(11-9-18)28(25,26)23-12-4-3-5-13-23/h6-11,14H,3-5,12-13,15H2,1-2H3,(H,22,24). The molecule has 1 heterocycles. The molecule has 0 aromatic heterocycles. The van der Waals surface area contributed by atoms with E-state index in [1.807, 2.05) is 25.1 Å². The van der Waals surface area contributed by atoms with Gasteiger partial charge in [0.25, 0.3) is 0 Å². The van der Waals surface area contributed by atoms with E-state index in [4.69, 9.17) is 4.74 Å². The van der Waals surface area contributed by atoms with Gasteiger partial charge in [0.15, 0.2) is 0 Å². The molecule has 1 saturated heterocycles. The predicted octanol–water partition coefficient (Wildman–Crippen LogP) is 3.36. The van der Waals surface area contributed by atoms with Crippen molar-refractivity contribution in [3.05, 3.63) is 53.6 Å². The summed E-state index contributed by atoms with van der Waals surface area (Å²) in [5, 5.41) is 2.81. The Kier molecular flexibility index (Phi) is 6.36. The van der Waals surface area contributed by atoms with Crippen molar-refractivity contribution in [2.24, 2.45) is 0 Å². The van der Waals surface area contributed by atoms with Gasteiger partial charge in [0.2, 0.25) is 15.9 Å². The first-order chi connectivity index (χ1) is 13.4. The third kappa shape index (κ3) is 4.72. The van der Waals surface area contributed by atoms with Crippen molar-refractivity contribution in [1.82, 2.24) is 4.31 Å². The van der Waals surface area contributed by atoms with Gasteiger partial charge in [-0.3, -0.25) is 4.79 Å². The molecule has 0 atom stereocenters. The lowest BCUT2D eigenvalue weighted by atomic mass is 10.1. The zero-order chi connectivity index (χ0) is 20.1. The van der Waals surface area contributed by atoms with Crippen LogP contribution >= 0.6 is 0 Å². The maximum Gasteiger partial charge on any atom is 0.243 e. The summed E-state index contributed by atoms with van der Waals surface area (Å²) in [5.41, 5.74) is 2.43. The zero-order valence-electron chi connectivity index (χ0n) is 16.3. The highest BCUT2D eigenvalue weighted by atomic mass is 32.2. The fraction of sp³-hybridized carbons (Fsp3) is 0.381.